The monoisotopic (exact) mass is 2030 g/mol. The Morgan fingerprint density at radius 2 is 0.725 bits per heavy atom. The molecule has 16 heterocycles. The molecule has 142 heavy (non-hydrogen) atoms. The summed E-state index contributed by atoms with van der Waals surface area (Å²) in [5.41, 5.74) is 5.72. The second-order valence-corrected chi connectivity index (χ2v) is 42.3. The molecule has 8 aliphatic heterocycles. The van der Waals surface area contributed by atoms with Gasteiger partial charge in [-0.25, -0.2) is 4.39 Å². The summed E-state index contributed by atoms with van der Waals surface area (Å²) >= 11 is 25.6. The summed E-state index contributed by atoms with van der Waals surface area (Å²) < 4.78 is 60.7. The van der Waals surface area contributed by atoms with Crippen molar-refractivity contribution in [1.82, 2.24) is 79.1 Å². The molecule has 0 radical (unpaired) electrons. The Kier molecular flexibility index (Phi) is 30.6. The Bertz CT molecular complexity index is 6590. The van der Waals surface area contributed by atoms with Crippen LogP contribution in [0.2, 0.25) is 20.1 Å². The molecule has 0 bridgehead atoms. The molecule has 0 saturated carbocycles. The molecule has 8 fully saturated rings. The van der Waals surface area contributed by atoms with Crippen LogP contribution in [0.4, 0.5) is 27.1 Å². The number of fused-ring (bicyclic) bond motifs is 12. The molecular formula is C101H121Cl4FN20O16. The van der Waals surface area contributed by atoms with E-state index in [4.69, 9.17) is 84.3 Å². The second-order valence-electron chi connectivity index (χ2n) is 40.6. The molecule has 0 spiro atoms. The highest BCUT2D eigenvalue weighted by Crippen LogP contribution is 2.41. The van der Waals surface area contributed by atoms with Gasteiger partial charge < -0.3 is 98.7 Å². The SMILES string of the molecule is CC1(C)CN(C(=O)CN2CC(C)(C)OC[C@H]2C(=O)Nc2cc(Cl)cc3c2[nH]c2cnccc23)CCO1.CC1(C)CN(CC(=O)N2CCOCC2)[C@H](C(=O)Nc2cc(Cl)cc3c2[nH]c2cncc(F)c23)CO1.C[C@H](C(=O)N1CCOCC1)N1CC(C)(C)OC[C@H]1C(=O)Nc1cc(Cl)cc2c1[nH]c1cnccc12.C[C@H]1CN(C(=O)CN2CC(C)(C)OC[C@H]2C(=O)Nc2cc(Cl)cc3c2[nH]c2cnccc23)C[C@H](C)O1. The maximum atomic E-state index is 14.5. The van der Waals surface area contributed by atoms with Gasteiger partial charge in [0.2, 0.25) is 47.3 Å². The molecule has 7 atom stereocenters. The van der Waals surface area contributed by atoms with Crippen molar-refractivity contribution >= 4 is 204 Å². The summed E-state index contributed by atoms with van der Waals surface area (Å²) in [6.45, 7) is 35.2. The number of morpholine rings is 8. The van der Waals surface area contributed by atoms with Crippen LogP contribution < -0.4 is 21.3 Å². The fraction of sp³-hybridized carbons (Fsp3) is 0.485. The highest BCUT2D eigenvalue weighted by atomic mass is 35.5. The second kappa shape index (κ2) is 42.4. The predicted molar refractivity (Wildman–Crippen MR) is 543 cm³/mol. The quantitative estimate of drug-likeness (QED) is 0.0445. The number of aromatic amines is 4. The lowest BCUT2D eigenvalue weighted by molar-refractivity contribution is -0.160. The van der Waals surface area contributed by atoms with Crippen molar-refractivity contribution in [1.29, 1.82) is 0 Å². The zero-order chi connectivity index (χ0) is 101. The molecule has 8 N–H and O–H groups in total. The number of aromatic nitrogens is 8. The largest absolute Gasteiger partial charge is 0.378 e. The van der Waals surface area contributed by atoms with E-state index in [9.17, 15) is 42.7 Å². The van der Waals surface area contributed by atoms with E-state index in [1.165, 1.54) is 6.20 Å². The molecule has 8 amide bonds. The maximum absolute atomic E-state index is 14.5. The van der Waals surface area contributed by atoms with Crippen molar-refractivity contribution in [3.63, 3.8) is 0 Å². The highest BCUT2D eigenvalue weighted by Gasteiger charge is 2.47. The predicted octanol–water partition coefficient (Wildman–Crippen LogP) is 12.7. The minimum absolute atomic E-state index is 0.00272. The van der Waals surface area contributed by atoms with Crippen LogP contribution in [-0.2, 0) is 76.3 Å². The van der Waals surface area contributed by atoms with Crippen LogP contribution in [0.15, 0.2) is 116 Å². The number of hydrogen-bond acceptors (Lipinski definition) is 24. The average molecular weight is 2030 g/mol. The van der Waals surface area contributed by atoms with Gasteiger partial charge in [-0.2, -0.15) is 0 Å². The summed E-state index contributed by atoms with van der Waals surface area (Å²) in [7, 11) is 0. The van der Waals surface area contributed by atoms with Crippen LogP contribution in [0.25, 0.3) is 87.2 Å². The molecule has 8 aromatic heterocycles. The van der Waals surface area contributed by atoms with Gasteiger partial charge in [-0.1, -0.05) is 46.4 Å². The van der Waals surface area contributed by atoms with Crippen molar-refractivity contribution in [2.24, 2.45) is 0 Å². The van der Waals surface area contributed by atoms with Crippen LogP contribution in [0.3, 0.4) is 0 Å². The number of halogens is 5. The lowest BCUT2D eigenvalue weighted by Crippen LogP contribution is -2.63. The van der Waals surface area contributed by atoms with E-state index >= 15 is 0 Å². The zero-order valence-corrected chi connectivity index (χ0v) is 84.8. The molecule has 756 valence electrons. The lowest BCUT2D eigenvalue weighted by atomic mass is 10.0. The molecular weight excluding hydrogens is 1910 g/mol. The van der Waals surface area contributed by atoms with Gasteiger partial charge in [0.25, 0.3) is 0 Å². The molecule has 8 aliphatic rings. The Balaban J connectivity index is 0.000000130. The third kappa shape index (κ3) is 23.5. The van der Waals surface area contributed by atoms with Gasteiger partial charge in [-0.05, 0) is 157 Å². The van der Waals surface area contributed by atoms with Crippen LogP contribution in [-0.4, -0.2) is 354 Å². The Labute approximate surface area is 839 Å². The fourth-order valence-corrected chi connectivity index (χ4v) is 20.9. The molecule has 0 unspecified atom stereocenters. The average Bonchev–Trinajstić information content (AvgIpc) is 1.68. The van der Waals surface area contributed by atoms with Gasteiger partial charge >= 0.3 is 0 Å². The van der Waals surface area contributed by atoms with E-state index in [0.29, 0.717) is 176 Å². The van der Waals surface area contributed by atoms with E-state index in [1.54, 1.807) is 72.4 Å². The van der Waals surface area contributed by atoms with Gasteiger partial charge in [0.05, 0.1) is 223 Å². The number of H-pyrrole nitrogens is 4. The molecule has 12 aromatic rings. The highest BCUT2D eigenvalue weighted by molar-refractivity contribution is 6.35. The van der Waals surface area contributed by atoms with Crippen molar-refractivity contribution in [2.45, 2.75) is 160 Å². The van der Waals surface area contributed by atoms with Crippen molar-refractivity contribution in [2.75, 3.05) is 179 Å². The number of nitrogens with one attached hydrogen (secondary N) is 8. The van der Waals surface area contributed by atoms with Gasteiger partial charge in [0.15, 0.2) is 5.82 Å². The standard InChI is InChI=1S/2C26H32ClN5O4.C25H30ClN5O4.C24H27ClFN5O4/c1-15-10-31(11-16(2)36-15)23(33)12-32-14-26(3,4)35-13-22(32)25(34)30-20-8-17(27)7-19-18-5-6-28-9-21(18)29-24(19)20;1-25(2)14-31(7-8-35-25)22(33)12-32-15-26(3,4)36-13-21(32)24(34)30-19-10-16(27)9-18-17-5-6-28-11-20(17)29-23(18)19;1-15(24(33)30-6-8-34-9-7-30)31-14-25(2,3)35-13-21(31)23(32)29-19-11-16(26)10-18-17-4-5-27-12-20(17)28-22(18)19;1-24(2)13-31(11-20(32)30-3-5-34-6-4-30)19(12-35-24)23(33)29-17-8-14(25)7-15-21-16(26)9-27-10-18(21)28-22(15)17/h5-9,15-16,22,29H,10-14H2,1-4H3,(H,30,34);5-6,9-11,21,29H,7-8,12-15H2,1-4H3,(H,30,34);4-5,10-12,15,21,28H,6-9,13-14H2,1-3H3,(H,29,32);7-10,19,28H,3-6,11-13H2,1-2H3,(H,29,33)/t15-,16-,22-;21-;15-,21+;19-/m0010/s1. The van der Waals surface area contributed by atoms with E-state index < -0.39 is 58.4 Å². The summed E-state index contributed by atoms with van der Waals surface area (Å²) in [6, 6.07) is 16.7. The lowest BCUT2D eigenvalue weighted by Gasteiger charge is -2.46. The minimum Gasteiger partial charge on any atom is -0.378 e. The minimum atomic E-state index is -0.690. The molecule has 0 aliphatic carbocycles. The molecule has 8 saturated heterocycles. The number of amides is 8. The zero-order valence-electron chi connectivity index (χ0n) is 81.8. The Hall–Kier alpha value is -11.0. The van der Waals surface area contributed by atoms with E-state index in [2.05, 4.69) is 61.1 Å². The molecule has 36 nitrogen and oxygen atoms in total. The first-order chi connectivity index (χ1) is 67.6. The van der Waals surface area contributed by atoms with Crippen LogP contribution in [0.1, 0.15) is 90.0 Å². The summed E-state index contributed by atoms with van der Waals surface area (Å²) in [4.78, 5) is 151. The van der Waals surface area contributed by atoms with Gasteiger partial charge in [-0.15, -0.1) is 0 Å². The molecule has 20 rings (SSSR count). The third-order valence-corrected chi connectivity index (χ3v) is 27.7. The van der Waals surface area contributed by atoms with Crippen molar-refractivity contribution < 1.29 is 80.6 Å². The van der Waals surface area contributed by atoms with Crippen molar-refractivity contribution in [3.8, 4) is 0 Å². The van der Waals surface area contributed by atoms with Crippen LogP contribution in [0.5, 0.6) is 0 Å². The first kappa shape index (κ1) is 103. The van der Waals surface area contributed by atoms with Crippen LogP contribution >= 0.6 is 46.4 Å². The van der Waals surface area contributed by atoms with Gasteiger partial charge in [0.1, 0.15) is 24.2 Å². The summed E-state index contributed by atoms with van der Waals surface area (Å²) in [5.74, 6) is -1.65. The number of hydrogen-bond donors (Lipinski definition) is 8. The number of pyridine rings is 4. The normalized spacial score (nSPS) is 22.4. The number of carbonyl (C=O) groups is 8. The number of anilines is 4. The van der Waals surface area contributed by atoms with Crippen molar-refractivity contribution in [3.05, 3.63) is 142 Å². The summed E-state index contributed by atoms with van der Waals surface area (Å²) in [5, 5.41) is 20.5. The molecule has 4 aromatic carbocycles. The number of ether oxygens (including phenoxy) is 8. The topological polar surface area (TPSA) is 399 Å². The van der Waals surface area contributed by atoms with Gasteiger partial charge in [0, 0.05) is 160 Å². The number of rotatable bonds is 16. The van der Waals surface area contributed by atoms with E-state index in [0.717, 1.165) is 71.6 Å². The Morgan fingerprint density at radius 3 is 1.13 bits per heavy atom. The number of nitrogens with zero attached hydrogens (tertiary/aromatic N) is 12. The van der Waals surface area contributed by atoms with Gasteiger partial charge in [-0.3, -0.25) is 77.9 Å². The number of benzene rings is 4. The molecule has 41 heteroatoms. The smallest absolute Gasteiger partial charge is 0.244 e. The van der Waals surface area contributed by atoms with E-state index in [1.807, 2.05) is 161 Å². The Morgan fingerprint density at radius 1 is 0.394 bits per heavy atom. The third-order valence-electron chi connectivity index (χ3n) is 26.9. The van der Waals surface area contributed by atoms with E-state index in [-0.39, 0.29) is 111 Å². The van der Waals surface area contributed by atoms with Crippen LogP contribution in [0, 0.1) is 5.82 Å². The maximum Gasteiger partial charge on any atom is 0.244 e. The first-order valence-corrected chi connectivity index (χ1v) is 49.3. The summed E-state index contributed by atoms with van der Waals surface area (Å²) in [6.07, 6.45) is 13.0. The first-order valence-electron chi connectivity index (χ1n) is 47.8. The number of carbonyl (C=O) groups excluding carboxylic acids is 8. The fourth-order valence-electron chi connectivity index (χ4n) is 20.0.